The minimum atomic E-state index is 0.151. The quantitative estimate of drug-likeness (QED) is 0.754. The third-order valence-corrected chi connectivity index (χ3v) is 3.08. The fourth-order valence-electron chi connectivity index (χ4n) is 1.00. The van der Waals surface area contributed by atoms with Gasteiger partial charge in [-0.25, -0.2) is 0 Å². The molecule has 1 heterocycles. The summed E-state index contributed by atoms with van der Waals surface area (Å²) in [7, 11) is 0. The van der Waals surface area contributed by atoms with E-state index in [4.69, 9.17) is 0 Å². The molecule has 0 amide bonds. The zero-order valence-corrected chi connectivity index (χ0v) is 9.86. The van der Waals surface area contributed by atoms with Crippen molar-refractivity contribution in [1.29, 1.82) is 0 Å². The highest BCUT2D eigenvalue weighted by Gasteiger charge is 2.09. The van der Waals surface area contributed by atoms with E-state index in [1.807, 2.05) is 18.2 Å². The standard InChI is InChI=1S/C7H4Br2N2S/c8-7(9)4-2-1-3-5-6(4)11-12-10-5/h1-3,7H. The molecule has 1 aromatic carbocycles. The van der Waals surface area contributed by atoms with E-state index in [2.05, 4.69) is 40.6 Å². The van der Waals surface area contributed by atoms with Crippen molar-refractivity contribution in [2.75, 3.05) is 0 Å². The summed E-state index contributed by atoms with van der Waals surface area (Å²) >= 11 is 8.13. The number of hydrogen-bond acceptors (Lipinski definition) is 3. The van der Waals surface area contributed by atoms with Crippen LogP contribution in [0.1, 0.15) is 9.30 Å². The summed E-state index contributed by atoms with van der Waals surface area (Å²) in [5.74, 6) is 0. The molecule has 0 aliphatic heterocycles. The monoisotopic (exact) mass is 306 g/mol. The van der Waals surface area contributed by atoms with Crippen LogP contribution in [0.2, 0.25) is 0 Å². The molecule has 62 valence electrons. The molecule has 0 unspecified atom stereocenters. The van der Waals surface area contributed by atoms with Crippen molar-refractivity contribution in [3.63, 3.8) is 0 Å². The molecule has 12 heavy (non-hydrogen) atoms. The van der Waals surface area contributed by atoms with Crippen molar-refractivity contribution in [3.05, 3.63) is 23.8 Å². The number of rotatable bonds is 1. The lowest BCUT2D eigenvalue weighted by atomic mass is 10.2. The van der Waals surface area contributed by atoms with Crippen LogP contribution in [-0.4, -0.2) is 8.75 Å². The molecule has 0 saturated heterocycles. The second-order valence-corrected chi connectivity index (χ2v) is 5.87. The molecule has 0 saturated carbocycles. The maximum absolute atomic E-state index is 4.21. The summed E-state index contributed by atoms with van der Waals surface area (Å²) in [5.41, 5.74) is 3.06. The second-order valence-electron chi connectivity index (χ2n) is 2.28. The summed E-state index contributed by atoms with van der Waals surface area (Å²) in [5, 5.41) is 0. The minimum absolute atomic E-state index is 0.151. The van der Waals surface area contributed by atoms with Gasteiger partial charge in [0, 0.05) is 5.56 Å². The summed E-state index contributed by atoms with van der Waals surface area (Å²) in [6.45, 7) is 0. The first kappa shape index (κ1) is 8.59. The van der Waals surface area contributed by atoms with Gasteiger partial charge in [0.05, 0.1) is 15.5 Å². The maximum atomic E-state index is 4.21. The molecule has 0 N–H and O–H groups in total. The van der Waals surface area contributed by atoms with Crippen LogP contribution >= 0.6 is 43.6 Å². The van der Waals surface area contributed by atoms with Crippen LogP contribution in [0.15, 0.2) is 18.2 Å². The van der Waals surface area contributed by atoms with E-state index in [1.54, 1.807) is 0 Å². The SMILES string of the molecule is BrC(Br)c1cccc2nsnc12. The van der Waals surface area contributed by atoms with Gasteiger partial charge in [-0.15, -0.1) is 0 Å². The van der Waals surface area contributed by atoms with Gasteiger partial charge in [-0.1, -0.05) is 44.0 Å². The number of fused-ring (bicyclic) bond motifs is 1. The molecular formula is C7H4Br2N2S. The average molecular weight is 308 g/mol. The van der Waals surface area contributed by atoms with Crippen LogP contribution in [0.4, 0.5) is 0 Å². The Kier molecular flexibility index (Phi) is 2.43. The molecule has 0 spiro atoms. The van der Waals surface area contributed by atoms with E-state index in [9.17, 15) is 0 Å². The van der Waals surface area contributed by atoms with Gasteiger partial charge in [-0.3, -0.25) is 0 Å². The largest absolute Gasteiger partial charge is 0.173 e. The Morgan fingerprint density at radius 3 is 2.83 bits per heavy atom. The highest BCUT2D eigenvalue weighted by molar-refractivity contribution is 9.24. The lowest BCUT2D eigenvalue weighted by Crippen LogP contribution is -1.82. The van der Waals surface area contributed by atoms with E-state index in [1.165, 1.54) is 11.7 Å². The highest BCUT2D eigenvalue weighted by atomic mass is 79.9. The van der Waals surface area contributed by atoms with Crippen LogP contribution in [-0.2, 0) is 0 Å². The molecular weight excluding hydrogens is 304 g/mol. The topological polar surface area (TPSA) is 25.8 Å². The Morgan fingerprint density at radius 2 is 2.08 bits per heavy atom. The van der Waals surface area contributed by atoms with E-state index >= 15 is 0 Å². The summed E-state index contributed by atoms with van der Waals surface area (Å²) < 4.78 is 8.51. The van der Waals surface area contributed by atoms with Crippen LogP contribution in [0.25, 0.3) is 11.0 Å². The van der Waals surface area contributed by atoms with Crippen LogP contribution in [0, 0.1) is 0 Å². The predicted molar refractivity (Wildman–Crippen MR) is 58.0 cm³/mol. The van der Waals surface area contributed by atoms with E-state index < -0.39 is 0 Å². The van der Waals surface area contributed by atoms with Gasteiger partial charge in [-0.05, 0) is 6.07 Å². The van der Waals surface area contributed by atoms with Crippen molar-refractivity contribution in [3.8, 4) is 0 Å². The molecule has 1 aromatic heterocycles. The number of hydrogen-bond donors (Lipinski definition) is 0. The summed E-state index contributed by atoms with van der Waals surface area (Å²) in [6, 6.07) is 5.97. The third kappa shape index (κ3) is 1.41. The molecule has 0 aliphatic carbocycles. The van der Waals surface area contributed by atoms with Gasteiger partial charge in [0.1, 0.15) is 11.0 Å². The van der Waals surface area contributed by atoms with Gasteiger partial charge in [0.15, 0.2) is 0 Å². The molecule has 0 radical (unpaired) electrons. The lowest BCUT2D eigenvalue weighted by molar-refractivity contribution is 1.44. The van der Waals surface area contributed by atoms with Crippen molar-refractivity contribution in [2.24, 2.45) is 0 Å². The normalized spacial score (nSPS) is 11.2. The van der Waals surface area contributed by atoms with Gasteiger partial charge in [-0.2, -0.15) is 8.75 Å². The Labute approximate surface area is 90.6 Å². The zero-order valence-electron chi connectivity index (χ0n) is 5.87. The van der Waals surface area contributed by atoms with E-state index in [0.717, 1.165) is 16.6 Å². The predicted octanol–water partition coefficient (Wildman–Crippen LogP) is 3.48. The number of benzene rings is 1. The summed E-state index contributed by atoms with van der Waals surface area (Å²) in [4.78, 5) is 0. The number of halogens is 2. The van der Waals surface area contributed by atoms with Gasteiger partial charge < -0.3 is 0 Å². The molecule has 0 aliphatic rings. The fraction of sp³-hybridized carbons (Fsp3) is 0.143. The first-order valence-electron chi connectivity index (χ1n) is 3.28. The van der Waals surface area contributed by atoms with Crippen LogP contribution in [0.3, 0.4) is 0 Å². The van der Waals surface area contributed by atoms with Crippen molar-refractivity contribution in [2.45, 2.75) is 3.74 Å². The molecule has 0 atom stereocenters. The Bertz CT molecular complexity index is 399. The van der Waals surface area contributed by atoms with Crippen LogP contribution in [0.5, 0.6) is 0 Å². The van der Waals surface area contributed by atoms with E-state index in [-0.39, 0.29) is 3.74 Å². The van der Waals surface area contributed by atoms with E-state index in [0.29, 0.717) is 0 Å². The molecule has 2 rings (SSSR count). The Morgan fingerprint density at radius 1 is 1.25 bits per heavy atom. The molecule has 2 nitrogen and oxygen atoms in total. The maximum Gasteiger partial charge on any atom is 0.109 e. The molecule has 2 aromatic rings. The lowest BCUT2D eigenvalue weighted by Gasteiger charge is -2.00. The van der Waals surface area contributed by atoms with Crippen molar-refractivity contribution < 1.29 is 0 Å². The average Bonchev–Trinajstić information content (AvgIpc) is 2.49. The first-order chi connectivity index (χ1) is 5.79. The first-order valence-corrected chi connectivity index (χ1v) is 5.84. The second kappa shape index (κ2) is 3.40. The zero-order chi connectivity index (χ0) is 8.55. The Hall–Kier alpha value is -0.0000000000000000555. The highest BCUT2D eigenvalue weighted by Crippen LogP contribution is 2.33. The number of alkyl halides is 2. The minimum Gasteiger partial charge on any atom is -0.173 e. The molecule has 0 fully saturated rings. The van der Waals surface area contributed by atoms with Gasteiger partial charge in [0.25, 0.3) is 0 Å². The van der Waals surface area contributed by atoms with Gasteiger partial charge >= 0.3 is 0 Å². The number of nitrogens with zero attached hydrogens (tertiary/aromatic N) is 2. The Balaban J connectivity index is 2.73. The van der Waals surface area contributed by atoms with Gasteiger partial charge in [0.2, 0.25) is 0 Å². The fourth-order valence-corrected chi connectivity index (χ4v) is 2.30. The third-order valence-electron chi connectivity index (χ3n) is 1.55. The van der Waals surface area contributed by atoms with Crippen LogP contribution < -0.4 is 0 Å². The molecule has 5 heteroatoms. The van der Waals surface area contributed by atoms with Crippen molar-refractivity contribution in [1.82, 2.24) is 8.75 Å². The molecule has 0 bridgehead atoms. The van der Waals surface area contributed by atoms with Crippen molar-refractivity contribution >= 4 is 54.6 Å². The smallest absolute Gasteiger partial charge is 0.109 e. The summed E-state index contributed by atoms with van der Waals surface area (Å²) in [6.07, 6.45) is 0. The number of aromatic nitrogens is 2.